The lowest BCUT2D eigenvalue weighted by molar-refractivity contribution is -0.204. The van der Waals surface area contributed by atoms with E-state index in [1.807, 2.05) is 0 Å². The highest BCUT2D eigenvalue weighted by atomic mass is 16.6. The van der Waals surface area contributed by atoms with E-state index in [-0.39, 0.29) is 29.9 Å². The van der Waals surface area contributed by atoms with Gasteiger partial charge in [0.15, 0.2) is 5.79 Å². The van der Waals surface area contributed by atoms with Gasteiger partial charge in [0.05, 0.1) is 12.2 Å². The van der Waals surface area contributed by atoms with E-state index in [4.69, 9.17) is 4.74 Å². The van der Waals surface area contributed by atoms with Gasteiger partial charge in [-0.05, 0) is 18.6 Å². The molecule has 1 aliphatic carbocycles. The number of fused-ring (bicyclic) bond motifs is 2. The predicted octanol–water partition coefficient (Wildman–Crippen LogP) is 0.838. The molecule has 0 aromatic heterocycles. The van der Waals surface area contributed by atoms with Gasteiger partial charge in [-0.3, -0.25) is 9.59 Å². The van der Waals surface area contributed by atoms with E-state index in [1.165, 1.54) is 13.0 Å². The van der Waals surface area contributed by atoms with Gasteiger partial charge in [0, 0.05) is 23.6 Å². The summed E-state index contributed by atoms with van der Waals surface area (Å²) in [5, 5.41) is 29.8. The number of aliphatic hydroxyl groups is 2. The zero-order valence-electron chi connectivity index (χ0n) is 10.6. The number of hydrogen-bond donors (Lipinski definition) is 3. The molecule has 1 aromatic rings. The number of carbonyl (C=O) groups is 2. The second-order valence-corrected chi connectivity index (χ2v) is 5.15. The number of Topliss-reactive ketones (excluding diaryl/α,β-unsaturated/α-hetero) is 1. The van der Waals surface area contributed by atoms with Crippen LogP contribution in [0.25, 0.3) is 5.76 Å². The smallest absolute Gasteiger partial charge is 0.233 e. The highest BCUT2D eigenvalue weighted by molar-refractivity contribution is 6.50. The van der Waals surface area contributed by atoms with Gasteiger partial charge in [-0.2, -0.15) is 0 Å². The summed E-state index contributed by atoms with van der Waals surface area (Å²) in [6.07, 6.45) is 0.867. The number of benzene rings is 1. The quantitative estimate of drug-likeness (QED) is 0.606. The number of hydrogen-bond acceptors (Lipinski definition) is 6. The minimum atomic E-state index is -1.40. The standard InChI is InChI=1S/C14H12O6/c1-14(19)4-6-2-7-11(13(18)8(6)5-20-14)9(15)3-10(16)12(7)17/h2-3,15,18-19H,4-5H2,1H3. The Bertz CT molecular complexity index is 683. The van der Waals surface area contributed by atoms with Crippen LogP contribution in [0.15, 0.2) is 12.1 Å². The van der Waals surface area contributed by atoms with E-state index in [0.717, 1.165) is 6.08 Å². The Morgan fingerprint density at radius 2 is 2.00 bits per heavy atom. The Kier molecular flexibility index (Phi) is 2.51. The molecule has 0 amide bonds. The summed E-state index contributed by atoms with van der Waals surface area (Å²) >= 11 is 0. The van der Waals surface area contributed by atoms with Gasteiger partial charge in [0.2, 0.25) is 11.6 Å². The summed E-state index contributed by atoms with van der Waals surface area (Å²) in [6, 6.07) is 1.42. The molecule has 0 saturated carbocycles. The van der Waals surface area contributed by atoms with Crippen molar-refractivity contribution in [1.29, 1.82) is 0 Å². The zero-order chi connectivity index (χ0) is 14.7. The van der Waals surface area contributed by atoms with Gasteiger partial charge in [0.25, 0.3) is 0 Å². The molecule has 0 bridgehead atoms. The van der Waals surface area contributed by atoms with Gasteiger partial charge in [-0.15, -0.1) is 0 Å². The van der Waals surface area contributed by atoms with Gasteiger partial charge >= 0.3 is 0 Å². The second-order valence-electron chi connectivity index (χ2n) is 5.15. The Morgan fingerprint density at radius 3 is 2.70 bits per heavy atom. The number of aromatic hydroxyl groups is 1. The Balaban J connectivity index is 2.26. The fourth-order valence-electron chi connectivity index (χ4n) is 2.55. The fourth-order valence-corrected chi connectivity index (χ4v) is 2.55. The SMILES string of the molecule is CC1(O)Cc2cc3c(c(O)c2CO1)C(O)=CC(=O)C3=O. The molecule has 3 N–H and O–H groups in total. The number of rotatable bonds is 0. The first-order chi connectivity index (χ1) is 9.30. The molecule has 1 heterocycles. The number of ketones is 2. The van der Waals surface area contributed by atoms with Crippen molar-refractivity contribution in [2.45, 2.75) is 25.7 Å². The highest BCUT2D eigenvalue weighted by Gasteiger charge is 2.35. The summed E-state index contributed by atoms with van der Waals surface area (Å²) in [7, 11) is 0. The Labute approximate surface area is 113 Å². The second kappa shape index (κ2) is 3.91. The lowest BCUT2D eigenvalue weighted by Crippen LogP contribution is -2.35. The maximum absolute atomic E-state index is 11.9. The molecule has 20 heavy (non-hydrogen) atoms. The lowest BCUT2D eigenvalue weighted by atomic mass is 9.86. The first-order valence-electron chi connectivity index (χ1n) is 6.04. The molecule has 1 atom stereocenters. The third kappa shape index (κ3) is 1.73. The van der Waals surface area contributed by atoms with Crippen molar-refractivity contribution < 1.29 is 29.6 Å². The Morgan fingerprint density at radius 1 is 1.30 bits per heavy atom. The molecule has 6 nitrogen and oxygen atoms in total. The van der Waals surface area contributed by atoms with Crippen molar-refractivity contribution in [3.8, 4) is 5.75 Å². The van der Waals surface area contributed by atoms with Crippen molar-refractivity contribution in [2.24, 2.45) is 0 Å². The van der Waals surface area contributed by atoms with Crippen LogP contribution >= 0.6 is 0 Å². The predicted molar refractivity (Wildman–Crippen MR) is 67.2 cm³/mol. The van der Waals surface area contributed by atoms with Crippen LogP contribution in [0.4, 0.5) is 0 Å². The van der Waals surface area contributed by atoms with Crippen molar-refractivity contribution >= 4 is 17.3 Å². The van der Waals surface area contributed by atoms with E-state index in [9.17, 15) is 24.9 Å². The molecule has 1 aliphatic heterocycles. The molecule has 0 spiro atoms. The molecule has 6 heteroatoms. The van der Waals surface area contributed by atoms with Crippen molar-refractivity contribution in [1.82, 2.24) is 0 Å². The lowest BCUT2D eigenvalue weighted by Gasteiger charge is -2.32. The third-order valence-corrected chi connectivity index (χ3v) is 3.54. The third-order valence-electron chi connectivity index (χ3n) is 3.54. The summed E-state index contributed by atoms with van der Waals surface area (Å²) in [5.74, 6) is -3.76. The number of phenols is 1. The molecule has 2 aliphatic rings. The van der Waals surface area contributed by atoms with Gasteiger partial charge in [-0.25, -0.2) is 0 Å². The number of allylic oxidation sites excluding steroid dienone is 1. The van der Waals surface area contributed by atoms with Crippen LogP contribution in [0.3, 0.4) is 0 Å². The number of phenolic OH excluding ortho intramolecular Hbond substituents is 1. The van der Waals surface area contributed by atoms with Crippen LogP contribution in [-0.4, -0.2) is 32.7 Å². The number of ether oxygens (including phenoxy) is 1. The fraction of sp³-hybridized carbons (Fsp3) is 0.286. The largest absolute Gasteiger partial charge is 0.507 e. The van der Waals surface area contributed by atoms with Gasteiger partial charge in [-0.1, -0.05) is 0 Å². The molecular formula is C14H12O6. The summed E-state index contributed by atoms with van der Waals surface area (Å²) in [5.41, 5.74) is 0.813. The first kappa shape index (κ1) is 12.8. The van der Waals surface area contributed by atoms with E-state index >= 15 is 0 Å². The van der Waals surface area contributed by atoms with Crippen LogP contribution in [-0.2, 0) is 22.6 Å². The van der Waals surface area contributed by atoms with Gasteiger partial charge in [0.1, 0.15) is 11.5 Å². The number of carbonyl (C=O) groups excluding carboxylic acids is 2. The maximum atomic E-state index is 11.9. The van der Waals surface area contributed by atoms with Crippen molar-refractivity contribution in [3.63, 3.8) is 0 Å². The maximum Gasteiger partial charge on any atom is 0.233 e. The van der Waals surface area contributed by atoms with E-state index in [2.05, 4.69) is 0 Å². The molecule has 1 aromatic carbocycles. The number of aliphatic hydroxyl groups excluding tert-OH is 1. The average molecular weight is 276 g/mol. The van der Waals surface area contributed by atoms with Crippen LogP contribution in [0.2, 0.25) is 0 Å². The molecule has 0 saturated heterocycles. The summed E-state index contributed by atoms with van der Waals surface area (Å²) in [6.45, 7) is 1.42. The highest BCUT2D eigenvalue weighted by Crippen LogP contribution is 2.40. The van der Waals surface area contributed by atoms with Crippen molar-refractivity contribution in [2.75, 3.05) is 0 Å². The van der Waals surface area contributed by atoms with Crippen LogP contribution < -0.4 is 0 Å². The zero-order valence-corrected chi connectivity index (χ0v) is 10.6. The molecule has 104 valence electrons. The molecular weight excluding hydrogens is 264 g/mol. The van der Waals surface area contributed by atoms with Crippen molar-refractivity contribution in [3.05, 3.63) is 34.4 Å². The first-order valence-corrected chi connectivity index (χ1v) is 6.04. The summed E-state index contributed by atoms with van der Waals surface area (Å²) < 4.78 is 5.19. The molecule has 0 fully saturated rings. The van der Waals surface area contributed by atoms with Crippen LogP contribution in [0.1, 0.15) is 34.0 Å². The molecule has 3 rings (SSSR count). The monoisotopic (exact) mass is 276 g/mol. The molecule has 0 radical (unpaired) electrons. The van der Waals surface area contributed by atoms with E-state index < -0.39 is 23.1 Å². The van der Waals surface area contributed by atoms with Crippen LogP contribution in [0.5, 0.6) is 5.75 Å². The average Bonchev–Trinajstić information content (AvgIpc) is 2.34. The van der Waals surface area contributed by atoms with E-state index in [1.54, 1.807) is 0 Å². The Hall–Kier alpha value is -2.18. The van der Waals surface area contributed by atoms with Crippen LogP contribution in [0, 0.1) is 0 Å². The molecule has 1 unspecified atom stereocenters. The minimum absolute atomic E-state index is 0.0448. The van der Waals surface area contributed by atoms with Gasteiger partial charge < -0.3 is 20.1 Å². The summed E-state index contributed by atoms with van der Waals surface area (Å²) in [4.78, 5) is 23.3. The minimum Gasteiger partial charge on any atom is -0.507 e. The topological polar surface area (TPSA) is 104 Å². The van der Waals surface area contributed by atoms with E-state index in [0.29, 0.717) is 11.1 Å². The normalized spacial score (nSPS) is 25.0.